The summed E-state index contributed by atoms with van der Waals surface area (Å²) in [5.41, 5.74) is 7.89. The van der Waals surface area contributed by atoms with Gasteiger partial charge in [-0.1, -0.05) is 12.1 Å². The van der Waals surface area contributed by atoms with Crippen molar-refractivity contribution in [2.45, 2.75) is 13.8 Å². The molecular formula is C17H23FN6. The molecule has 24 heavy (non-hydrogen) atoms. The molecule has 0 aliphatic heterocycles. The molecule has 0 spiro atoms. The van der Waals surface area contributed by atoms with Gasteiger partial charge < -0.3 is 21.4 Å². The molecule has 0 amide bonds. The highest BCUT2D eigenvalue weighted by Gasteiger charge is 2.16. The second-order valence-corrected chi connectivity index (χ2v) is 5.98. The molecule has 1 aromatic carbocycles. The first-order valence-electron chi connectivity index (χ1n) is 7.67. The minimum absolute atomic E-state index is 0.209. The fraction of sp³-hybridized carbons (Fsp3) is 0.353. The van der Waals surface area contributed by atoms with Gasteiger partial charge in [-0.2, -0.15) is 0 Å². The number of nitrogens with two attached hydrogens (primary N) is 1. The number of nitrogens with zero attached hydrogens (tertiary/aromatic N) is 3. The van der Waals surface area contributed by atoms with E-state index in [0.717, 1.165) is 6.54 Å². The average molecular weight is 330 g/mol. The lowest BCUT2D eigenvalue weighted by molar-refractivity contribution is 0.425. The fourth-order valence-electron chi connectivity index (χ4n) is 2.23. The summed E-state index contributed by atoms with van der Waals surface area (Å²) in [6.45, 7) is 4.78. The van der Waals surface area contributed by atoms with Crippen LogP contribution in [0.15, 0.2) is 18.2 Å². The Kier molecular flexibility index (Phi) is 5.46. The Bertz CT molecular complexity index is 757. The number of rotatable bonds is 6. The Morgan fingerprint density at radius 2 is 2.04 bits per heavy atom. The van der Waals surface area contributed by atoms with Gasteiger partial charge in [0.1, 0.15) is 17.5 Å². The molecular weight excluding hydrogens is 307 g/mol. The summed E-state index contributed by atoms with van der Waals surface area (Å²) in [7, 11) is 3.94. The number of hydrogen-bond acceptors (Lipinski definition) is 6. The van der Waals surface area contributed by atoms with Gasteiger partial charge in [-0.05, 0) is 39.6 Å². The number of halogens is 1. The van der Waals surface area contributed by atoms with Gasteiger partial charge in [0, 0.05) is 24.4 Å². The predicted molar refractivity (Wildman–Crippen MR) is 96.1 cm³/mol. The number of nitrogens with one attached hydrogen (secondary N) is 2. The minimum Gasteiger partial charge on any atom is -0.383 e. The van der Waals surface area contributed by atoms with Crippen molar-refractivity contribution < 1.29 is 4.39 Å². The van der Waals surface area contributed by atoms with Crippen LogP contribution < -0.4 is 11.1 Å². The number of aryl methyl sites for hydroxylation is 1. The van der Waals surface area contributed by atoms with E-state index >= 15 is 0 Å². The van der Waals surface area contributed by atoms with E-state index in [1.165, 1.54) is 6.07 Å². The SMILES string of the molecule is CC(=N)c1c(N)nc(-c2ccc(C)c(F)c2)nc1NCCN(C)C. The molecule has 1 aromatic heterocycles. The topological polar surface area (TPSA) is 90.9 Å². The predicted octanol–water partition coefficient (Wildman–Crippen LogP) is 2.53. The Morgan fingerprint density at radius 3 is 2.62 bits per heavy atom. The van der Waals surface area contributed by atoms with Crippen LogP contribution in [0.3, 0.4) is 0 Å². The van der Waals surface area contributed by atoms with Gasteiger partial charge in [0.05, 0.1) is 5.56 Å². The quantitative estimate of drug-likeness (QED) is 0.708. The highest BCUT2D eigenvalue weighted by atomic mass is 19.1. The summed E-state index contributed by atoms with van der Waals surface area (Å²) < 4.78 is 13.8. The third kappa shape index (κ3) is 4.05. The van der Waals surface area contributed by atoms with Crippen LogP contribution in [0.25, 0.3) is 11.4 Å². The third-order valence-electron chi connectivity index (χ3n) is 3.59. The van der Waals surface area contributed by atoms with Gasteiger partial charge in [0.15, 0.2) is 5.82 Å². The summed E-state index contributed by atoms with van der Waals surface area (Å²) in [5, 5.41) is 11.1. The second-order valence-electron chi connectivity index (χ2n) is 5.98. The summed E-state index contributed by atoms with van der Waals surface area (Å²) >= 11 is 0. The van der Waals surface area contributed by atoms with Crippen LogP contribution in [0.1, 0.15) is 18.1 Å². The standard InChI is InChI=1S/C17H23FN6/c1-10-5-6-12(9-13(10)18)16-22-15(20)14(11(2)19)17(23-16)21-7-8-24(3)4/h5-6,9,19H,7-8H2,1-4H3,(H3,20,21,22,23). The van der Waals surface area contributed by atoms with Gasteiger partial charge in [0.2, 0.25) is 0 Å². The minimum atomic E-state index is -0.316. The number of anilines is 2. The van der Waals surface area contributed by atoms with E-state index in [0.29, 0.717) is 34.9 Å². The zero-order chi connectivity index (χ0) is 17.9. The van der Waals surface area contributed by atoms with Crippen molar-refractivity contribution >= 4 is 17.3 Å². The highest BCUT2D eigenvalue weighted by Crippen LogP contribution is 2.25. The molecule has 0 radical (unpaired) electrons. The summed E-state index contributed by atoms with van der Waals surface area (Å²) in [5.74, 6) is 0.724. The molecule has 0 saturated carbocycles. The summed E-state index contributed by atoms with van der Waals surface area (Å²) in [6, 6.07) is 4.83. The van der Waals surface area contributed by atoms with Crippen molar-refractivity contribution in [1.29, 1.82) is 5.41 Å². The molecule has 0 bridgehead atoms. The zero-order valence-corrected chi connectivity index (χ0v) is 14.4. The molecule has 1 heterocycles. The largest absolute Gasteiger partial charge is 0.383 e. The molecule has 0 saturated heterocycles. The van der Waals surface area contributed by atoms with Crippen LogP contribution in [0.2, 0.25) is 0 Å². The Labute approximate surface area is 141 Å². The summed E-state index contributed by atoms with van der Waals surface area (Å²) in [6.07, 6.45) is 0. The Hall–Kier alpha value is -2.54. The molecule has 6 nitrogen and oxygen atoms in total. The first-order valence-corrected chi connectivity index (χ1v) is 7.67. The van der Waals surface area contributed by atoms with Crippen molar-refractivity contribution in [2.75, 3.05) is 38.2 Å². The van der Waals surface area contributed by atoms with Gasteiger partial charge >= 0.3 is 0 Å². The molecule has 2 aromatic rings. The van der Waals surface area contributed by atoms with E-state index in [4.69, 9.17) is 11.1 Å². The number of benzene rings is 1. The van der Waals surface area contributed by atoms with Gasteiger partial charge in [0.25, 0.3) is 0 Å². The second kappa shape index (κ2) is 7.35. The van der Waals surface area contributed by atoms with Crippen LogP contribution in [0, 0.1) is 18.2 Å². The molecule has 0 aliphatic rings. The maximum Gasteiger partial charge on any atom is 0.163 e. The maximum absolute atomic E-state index is 13.8. The first-order chi connectivity index (χ1) is 11.3. The highest BCUT2D eigenvalue weighted by molar-refractivity contribution is 6.04. The molecule has 0 atom stereocenters. The van der Waals surface area contributed by atoms with Gasteiger partial charge in [-0.3, -0.25) is 0 Å². The average Bonchev–Trinajstić information content (AvgIpc) is 2.48. The van der Waals surface area contributed by atoms with E-state index < -0.39 is 0 Å². The van der Waals surface area contributed by atoms with Crippen LogP contribution in [0.5, 0.6) is 0 Å². The number of aromatic nitrogens is 2. The van der Waals surface area contributed by atoms with Gasteiger partial charge in [-0.25, -0.2) is 14.4 Å². The Balaban J connectivity index is 2.44. The maximum atomic E-state index is 13.8. The van der Waals surface area contributed by atoms with Crippen molar-refractivity contribution in [3.05, 3.63) is 35.1 Å². The zero-order valence-electron chi connectivity index (χ0n) is 14.4. The van der Waals surface area contributed by atoms with Crippen molar-refractivity contribution in [1.82, 2.24) is 14.9 Å². The first kappa shape index (κ1) is 17.8. The molecule has 0 fully saturated rings. The van der Waals surface area contributed by atoms with E-state index in [9.17, 15) is 4.39 Å². The Morgan fingerprint density at radius 1 is 1.33 bits per heavy atom. The molecule has 7 heteroatoms. The molecule has 2 rings (SSSR count). The lowest BCUT2D eigenvalue weighted by Crippen LogP contribution is -2.22. The van der Waals surface area contributed by atoms with E-state index in [-0.39, 0.29) is 17.3 Å². The lowest BCUT2D eigenvalue weighted by atomic mass is 10.1. The van der Waals surface area contributed by atoms with Gasteiger partial charge in [-0.15, -0.1) is 0 Å². The molecule has 4 N–H and O–H groups in total. The van der Waals surface area contributed by atoms with Crippen LogP contribution in [0.4, 0.5) is 16.0 Å². The smallest absolute Gasteiger partial charge is 0.163 e. The van der Waals surface area contributed by atoms with Crippen LogP contribution in [-0.4, -0.2) is 47.8 Å². The monoisotopic (exact) mass is 330 g/mol. The van der Waals surface area contributed by atoms with Crippen molar-refractivity contribution in [3.63, 3.8) is 0 Å². The van der Waals surface area contributed by atoms with Crippen molar-refractivity contribution in [2.24, 2.45) is 0 Å². The van der Waals surface area contributed by atoms with Crippen LogP contribution in [-0.2, 0) is 0 Å². The number of nitrogen functional groups attached to an aromatic ring is 1. The van der Waals surface area contributed by atoms with Crippen molar-refractivity contribution in [3.8, 4) is 11.4 Å². The van der Waals surface area contributed by atoms with E-state index in [1.54, 1.807) is 26.0 Å². The molecule has 0 unspecified atom stereocenters. The fourth-order valence-corrected chi connectivity index (χ4v) is 2.23. The lowest BCUT2D eigenvalue weighted by Gasteiger charge is -2.16. The number of likely N-dealkylation sites (N-methyl/N-ethyl adjacent to an activating group) is 1. The number of hydrogen-bond donors (Lipinski definition) is 3. The third-order valence-corrected chi connectivity index (χ3v) is 3.59. The molecule has 128 valence electrons. The van der Waals surface area contributed by atoms with E-state index in [2.05, 4.69) is 15.3 Å². The summed E-state index contributed by atoms with van der Waals surface area (Å²) in [4.78, 5) is 10.7. The molecule has 0 aliphatic carbocycles. The normalized spacial score (nSPS) is 10.9. The van der Waals surface area contributed by atoms with E-state index in [1.807, 2.05) is 19.0 Å². The van der Waals surface area contributed by atoms with Crippen LogP contribution >= 0.6 is 0 Å².